The molecule has 0 saturated carbocycles. The minimum Gasteiger partial charge on any atom is -0.381 e. The molecule has 1 heterocycles. The van der Waals surface area contributed by atoms with Crippen LogP contribution in [0.1, 0.15) is 56.0 Å². The molecule has 2 unspecified atom stereocenters. The van der Waals surface area contributed by atoms with Crippen LogP contribution in [0.5, 0.6) is 0 Å². The number of nitrogens with zero attached hydrogens (tertiary/aromatic N) is 1. The lowest BCUT2D eigenvalue weighted by atomic mass is 10.1. The normalized spacial score (nSPS) is 17.0. The Morgan fingerprint density at radius 1 is 1.26 bits per heavy atom. The van der Waals surface area contributed by atoms with E-state index < -0.39 is 0 Å². The van der Waals surface area contributed by atoms with E-state index in [1.165, 1.54) is 0 Å². The van der Waals surface area contributed by atoms with E-state index in [1.807, 2.05) is 31.2 Å². The molecule has 0 radical (unpaired) electrons. The second-order valence-corrected chi connectivity index (χ2v) is 7.76. The summed E-state index contributed by atoms with van der Waals surface area (Å²) in [4.78, 5) is 16.8. The first-order valence-electron chi connectivity index (χ1n) is 11.2. The monoisotopic (exact) mass is 546 g/mol. The van der Waals surface area contributed by atoms with Crippen LogP contribution in [-0.2, 0) is 16.0 Å². The lowest BCUT2D eigenvalue weighted by Crippen LogP contribution is -2.38. The van der Waals surface area contributed by atoms with Crippen LogP contribution in [0.2, 0.25) is 0 Å². The summed E-state index contributed by atoms with van der Waals surface area (Å²) in [5, 5.41) is 9.59. The molecule has 1 aromatic rings. The molecule has 1 aromatic carbocycles. The second kappa shape index (κ2) is 16.3. The van der Waals surface area contributed by atoms with Crippen LogP contribution in [0.3, 0.4) is 0 Å². The Morgan fingerprint density at radius 3 is 2.68 bits per heavy atom. The predicted octanol–water partition coefficient (Wildman–Crippen LogP) is 3.33. The van der Waals surface area contributed by atoms with Gasteiger partial charge < -0.3 is 25.4 Å². The summed E-state index contributed by atoms with van der Waals surface area (Å²) in [6, 6.07) is 7.81. The Labute approximate surface area is 204 Å². The molecule has 0 aliphatic carbocycles. The van der Waals surface area contributed by atoms with Crippen molar-refractivity contribution < 1.29 is 14.3 Å². The van der Waals surface area contributed by atoms with Gasteiger partial charge in [-0.1, -0.05) is 19.1 Å². The van der Waals surface area contributed by atoms with Crippen molar-refractivity contribution in [3.8, 4) is 0 Å². The van der Waals surface area contributed by atoms with E-state index in [2.05, 4.69) is 34.8 Å². The van der Waals surface area contributed by atoms with Gasteiger partial charge in [-0.05, 0) is 50.8 Å². The number of hydrogen-bond donors (Lipinski definition) is 3. The lowest BCUT2D eigenvalue weighted by Gasteiger charge is -2.13. The average molecular weight is 546 g/mol. The number of halogens is 1. The van der Waals surface area contributed by atoms with Gasteiger partial charge in [0.1, 0.15) is 0 Å². The van der Waals surface area contributed by atoms with Crippen LogP contribution in [0.4, 0.5) is 0 Å². The fourth-order valence-electron chi connectivity index (χ4n) is 3.03. The maximum atomic E-state index is 12.2. The first kappa shape index (κ1) is 27.6. The zero-order chi connectivity index (χ0) is 21.6. The van der Waals surface area contributed by atoms with Gasteiger partial charge in [0, 0.05) is 43.8 Å². The Bertz CT molecular complexity index is 649. The average Bonchev–Trinajstić information content (AvgIpc) is 3.28. The Hall–Kier alpha value is -1.39. The van der Waals surface area contributed by atoms with Gasteiger partial charge in [-0.15, -0.1) is 24.0 Å². The first-order chi connectivity index (χ1) is 14.6. The molecule has 2 rings (SSSR count). The summed E-state index contributed by atoms with van der Waals surface area (Å²) in [5.41, 5.74) is 1.74. The predicted molar refractivity (Wildman–Crippen MR) is 136 cm³/mol. The van der Waals surface area contributed by atoms with Crippen molar-refractivity contribution in [1.29, 1.82) is 0 Å². The number of rotatable bonds is 12. The molecule has 31 heavy (non-hydrogen) atoms. The van der Waals surface area contributed by atoms with Crippen molar-refractivity contribution in [2.45, 2.75) is 52.6 Å². The van der Waals surface area contributed by atoms with Gasteiger partial charge in [0.15, 0.2) is 5.96 Å². The zero-order valence-electron chi connectivity index (χ0n) is 19.1. The number of hydrogen-bond acceptors (Lipinski definition) is 4. The molecule has 0 aromatic heterocycles. The summed E-state index contributed by atoms with van der Waals surface area (Å²) in [5.74, 6) is 1.32. The maximum absolute atomic E-state index is 12.2. The molecule has 7 nitrogen and oxygen atoms in total. The van der Waals surface area contributed by atoms with Crippen LogP contribution in [0.15, 0.2) is 29.3 Å². The molecular formula is C23H39IN4O3. The summed E-state index contributed by atoms with van der Waals surface area (Å²) in [7, 11) is 0. The van der Waals surface area contributed by atoms with Gasteiger partial charge in [0.2, 0.25) is 0 Å². The van der Waals surface area contributed by atoms with Crippen molar-refractivity contribution in [3.63, 3.8) is 0 Å². The van der Waals surface area contributed by atoms with Gasteiger partial charge >= 0.3 is 0 Å². The fraction of sp³-hybridized carbons (Fsp3) is 0.652. The van der Waals surface area contributed by atoms with E-state index >= 15 is 0 Å². The highest BCUT2D eigenvalue weighted by Gasteiger charge is 2.15. The quantitative estimate of drug-likeness (QED) is 0.162. The van der Waals surface area contributed by atoms with E-state index in [-0.39, 0.29) is 35.9 Å². The van der Waals surface area contributed by atoms with Gasteiger partial charge in [0.05, 0.1) is 19.8 Å². The van der Waals surface area contributed by atoms with Gasteiger partial charge in [0.25, 0.3) is 5.91 Å². The largest absolute Gasteiger partial charge is 0.381 e. The van der Waals surface area contributed by atoms with Crippen LogP contribution in [-0.4, -0.2) is 57.4 Å². The van der Waals surface area contributed by atoms with E-state index in [4.69, 9.17) is 9.47 Å². The van der Waals surface area contributed by atoms with E-state index in [9.17, 15) is 4.79 Å². The smallest absolute Gasteiger partial charge is 0.251 e. The van der Waals surface area contributed by atoms with Crippen molar-refractivity contribution in [3.05, 3.63) is 35.4 Å². The highest BCUT2D eigenvalue weighted by molar-refractivity contribution is 14.0. The van der Waals surface area contributed by atoms with Crippen molar-refractivity contribution in [1.82, 2.24) is 16.0 Å². The molecule has 8 heteroatoms. The number of benzene rings is 1. The molecule has 1 fully saturated rings. The third-order valence-electron chi connectivity index (χ3n) is 5.11. The van der Waals surface area contributed by atoms with Crippen LogP contribution < -0.4 is 16.0 Å². The first-order valence-corrected chi connectivity index (χ1v) is 11.2. The van der Waals surface area contributed by atoms with E-state index in [0.29, 0.717) is 18.0 Å². The van der Waals surface area contributed by atoms with Crippen LogP contribution >= 0.6 is 24.0 Å². The van der Waals surface area contributed by atoms with Crippen LogP contribution in [0.25, 0.3) is 0 Å². The highest BCUT2D eigenvalue weighted by atomic mass is 127. The number of nitrogens with one attached hydrogen (secondary N) is 3. The number of amides is 1. The lowest BCUT2D eigenvalue weighted by molar-refractivity contribution is 0.0888. The maximum Gasteiger partial charge on any atom is 0.251 e. The fourth-order valence-corrected chi connectivity index (χ4v) is 3.03. The van der Waals surface area contributed by atoms with Crippen molar-refractivity contribution in [2.24, 2.45) is 10.9 Å². The number of carbonyl (C=O) groups is 1. The van der Waals surface area contributed by atoms with Crippen LogP contribution in [0, 0.1) is 5.92 Å². The highest BCUT2D eigenvalue weighted by Crippen LogP contribution is 2.12. The number of aliphatic imine (C=N–C) groups is 1. The molecule has 1 aliphatic heterocycles. The van der Waals surface area contributed by atoms with Crippen molar-refractivity contribution in [2.75, 3.05) is 39.5 Å². The van der Waals surface area contributed by atoms with Crippen molar-refractivity contribution >= 4 is 35.8 Å². The second-order valence-electron chi connectivity index (χ2n) is 7.76. The third kappa shape index (κ3) is 11.2. The van der Waals surface area contributed by atoms with E-state index in [1.54, 1.807) is 0 Å². The minimum atomic E-state index is -0.0305. The molecular weight excluding hydrogens is 507 g/mol. The molecule has 1 saturated heterocycles. The summed E-state index contributed by atoms with van der Waals surface area (Å²) >= 11 is 0. The molecule has 0 bridgehead atoms. The molecule has 0 spiro atoms. The number of ether oxygens (including phenoxy) is 2. The Morgan fingerprint density at radius 2 is 2.03 bits per heavy atom. The number of carbonyl (C=O) groups excluding carboxylic acids is 1. The molecule has 176 valence electrons. The van der Waals surface area contributed by atoms with Gasteiger partial charge in [-0.3, -0.25) is 4.79 Å². The summed E-state index contributed by atoms with van der Waals surface area (Å²) in [6.07, 6.45) is 2.96. The molecule has 2 atom stereocenters. The summed E-state index contributed by atoms with van der Waals surface area (Å²) < 4.78 is 11.1. The molecule has 1 amide bonds. The molecule has 1 aliphatic rings. The van der Waals surface area contributed by atoms with Gasteiger partial charge in [-0.2, -0.15) is 0 Å². The standard InChI is InChI=1S/C23H38N4O3.HI/c1-4-18(3)27-22(28)21-9-7-19(8-10-21)15-26-23(24-5-2)25-12-6-13-29-16-20-11-14-30-17-20;/h7-10,18,20H,4-6,11-17H2,1-3H3,(H,27,28)(H2,24,25,26);1H. The Kier molecular flexibility index (Phi) is 14.5. The number of guanidine groups is 1. The summed E-state index contributed by atoms with van der Waals surface area (Å²) in [6.45, 7) is 11.5. The topological polar surface area (TPSA) is 84.0 Å². The Balaban J connectivity index is 0.00000480. The molecule has 3 N–H and O–H groups in total. The van der Waals surface area contributed by atoms with E-state index in [0.717, 1.165) is 70.3 Å². The minimum absolute atomic E-state index is 0. The zero-order valence-corrected chi connectivity index (χ0v) is 21.4. The third-order valence-corrected chi connectivity index (χ3v) is 5.11. The van der Waals surface area contributed by atoms with Gasteiger partial charge in [-0.25, -0.2) is 4.99 Å². The SMILES string of the molecule is CCNC(=NCc1ccc(C(=O)NC(C)CC)cc1)NCCCOCC1CCOC1.I.